The monoisotopic (exact) mass is 564 g/mol. The van der Waals surface area contributed by atoms with Gasteiger partial charge in [-0.2, -0.15) is 0 Å². The number of carboxylic acids is 1. The SMILES string of the molecule is CCOC(=O)C1=C(C)N=c2s/c(=C\c3ccc(-c4cccc(C(=O)O)c4)o3)c(=O)n2C1c1cccc2ccccc12. The number of carboxylic acid groups (broad SMARTS) is 1. The van der Waals surface area contributed by atoms with Crippen molar-refractivity contribution < 1.29 is 23.8 Å². The fourth-order valence-electron chi connectivity index (χ4n) is 5.09. The van der Waals surface area contributed by atoms with Crippen LogP contribution in [0.2, 0.25) is 0 Å². The number of aromatic nitrogens is 1. The molecule has 8 nitrogen and oxygen atoms in total. The van der Waals surface area contributed by atoms with Crippen LogP contribution in [0.5, 0.6) is 0 Å². The van der Waals surface area contributed by atoms with Gasteiger partial charge in [-0.1, -0.05) is 65.9 Å². The standard InChI is InChI=1S/C32H24N2O6S/c1-3-39-31(38)27-18(2)33-32-34(28(27)24-13-7-9-19-8-4-5-12-23(19)24)29(35)26(41-32)17-22-14-15-25(40-22)20-10-6-11-21(16-20)30(36)37/h4-17,28H,3H2,1-2H3,(H,36,37)/b26-17-. The summed E-state index contributed by atoms with van der Waals surface area (Å²) in [5, 5.41) is 11.2. The fraction of sp³-hybridized carbons (Fsp3) is 0.125. The smallest absolute Gasteiger partial charge is 0.338 e. The van der Waals surface area contributed by atoms with Gasteiger partial charge in [-0.15, -0.1) is 0 Å². The first-order valence-corrected chi connectivity index (χ1v) is 13.8. The van der Waals surface area contributed by atoms with Crippen LogP contribution in [0.25, 0.3) is 28.2 Å². The van der Waals surface area contributed by atoms with E-state index >= 15 is 0 Å². The average molecular weight is 565 g/mol. The predicted octanol–water partition coefficient (Wildman–Crippen LogP) is 4.91. The Kier molecular flexibility index (Phi) is 6.72. The molecule has 0 bridgehead atoms. The minimum Gasteiger partial charge on any atom is -0.478 e. The largest absolute Gasteiger partial charge is 0.478 e. The maximum absolute atomic E-state index is 14.0. The highest BCUT2D eigenvalue weighted by molar-refractivity contribution is 7.07. The number of fused-ring (bicyclic) bond motifs is 2. The van der Waals surface area contributed by atoms with Gasteiger partial charge in [0.2, 0.25) is 0 Å². The number of rotatable bonds is 6. The maximum Gasteiger partial charge on any atom is 0.338 e. The molecule has 3 heterocycles. The maximum atomic E-state index is 14.0. The number of nitrogens with zero attached hydrogens (tertiary/aromatic N) is 2. The molecule has 0 saturated heterocycles. The molecule has 6 rings (SSSR count). The number of carbonyl (C=O) groups excluding carboxylic acids is 1. The lowest BCUT2D eigenvalue weighted by Gasteiger charge is -2.25. The molecule has 0 saturated carbocycles. The minimum atomic E-state index is -1.03. The number of thiazole rings is 1. The summed E-state index contributed by atoms with van der Waals surface area (Å²) in [5.74, 6) is -0.645. The third-order valence-electron chi connectivity index (χ3n) is 6.93. The number of allylic oxidation sites excluding steroid dienone is 1. The Morgan fingerprint density at radius 1 is 1.07 bits per heavy atom. The van der Waals surface area contributed by atoms with Crippen molar-refractivity contribution in [2.75, 3.05) is 6.61 Å². The molecule has 0 radical (unpaired) electrons. The Bertz CT molecular complexity index is 2060. The molecule has 1 N–H and O–H groups in total. The Labute approximate surface area is 237 Å². The second kappa shape index (κ2) is 10.5. The molecule has 1 unspecified atom stereocenters. The molecule has 1 aliphatic heterocycles. The zero-order valence-electron chi connectivity index (χ0n) is 22.2. The van der Waals surface area contributed by atoms with Gasteiger partial charge in [0.15, 0.2) is 4.80 Å². The highest BCUT2D eigenvalue weighted by atomic mass is 32.1. The van der Waals surface area contributed by atoms with Gasteiger partial charge in [0.25, 0.3) is 5.56 Å². The summed E-state index contributed by atoms with van der Waals surface area (Å²) in [6.07, 6.45) is 1.64. The second-order valence-electron chi connectivity index (χ2n) is 9.46. The predicted molar refractivity (Wildman–Crippen MR) is 155 cm³/mol. The van der Waals surface area contributed by atoms with E-state index in [1.807, 2.05) is 42.5 Å². The van der Waals surface area contributed by atoms with Gasteiger partial charge in [0.05, 0.1) is 34.0 Å². The lowest BCUT2D eigenvalue weighted by molar-refractivity contribution is -0.139. The van der Waals surface area contributed by atoms with Crippen LogP contribution in [0.1, 0.15) is 41.6 Å². The molecule has 5 aromatic rings. The van der Waals surface area contributed by atoms with E-state index in [4.69, 9.17) is 9.15 Å². The summed E-state index contributed by atoms with van der Waals surface area (Å²) in [6, 6.07) is 22.8. The molecule has 1 aliphatic rings. The summed E-state index contributed by atoms with van der Waals surface area (Å²) in [4.78, 5) is 43.7. The van der Waals surface area contributed by atoms with Gasteiger partial charge >= 0.3 is 11.9 Å². The summed E-state index contributed by atoms with van der Waals surface area (Å²) >= 11 is 1.21. The Morgan fingerprint density at radius 2 is 1.85 bits per heavy atom. The molecule has 0 spiro atoms. The van der Waals surface area contributed by atoms with Crippen LogP contribution < -0.4 is 14.9 Å². The van der Waals surface area contributed by atoms with Gasteiger partial charge in [-0.3, -0.25) is 9.36 Å². The highest BCUT2D eigenvalue weighted by Gasteiger charge is 2.34. The van der Waals surface area contributed by atoms with Crippen LogP contribution in [-0.4, -0.2) is 28.2 Å². The normalized spacial score (nSPS) is 15.1. The van der Waals surface area contributed by atoms with Crippen molar-refractivity contribution in [3.63, 3.8) is 0 Å². The molecule has 0 aliphatic carbocycles. The van der Waals surface area contributed by atoms with Crippen molar-refractivity contribution in [2.45, 2.75) is 19.9 Å². The van der Waals surface area contributed by atoms with Crippen LogP contribution in [0, 0.1) is 0 Å². The lowest BCUT2D eigenvalue weighted by atomic mass is 9.91. The van der Waals surface area contributed by atoms with Crippen molar-refractivity contribution in [2.24, 2.45) is 4.99 Å². The fourth-order valence-corrected chi connectivity index (χ4v) is 6.12. The van der Waals surface area contributed by atoms with Crippen LogP contribution >= 0.6 is 11.3 Å². The molecule has 9 heteroatoms. The first-order valence-electron chi connectivity index (χ1n) is 13.0. The van der Waals surface area contributed by atoms with Crippen molar-refractivity contribution in [3.05, 3.63) is 127 Å². The molecule has 204 valence electrons. The Hall–Kier alpha value is -5.02. The van der Waals surface area contributed by atoms with Crippen molar-refractivity contribution in [3.8, 4) is 11.3 Å². The number of hydrogen-bond acceptors (Lipinski definition) is 7. The number of benzene rings is 3. The van der Waals surface area contributed by atoms with E-state index < -0.39 is 18.0 Å². The van der Waals surface area contributed by atoms with Crippen molar-refractivity contribution in [1.29, 1.82) is 0 Å². The van der Waals surface area contributed by atoms with Crippen LogP contribution in [0.3, 0.4) is 0 Å². The van der Waals surface area contributed by atoms with E-state index in [0.717, 1.165) is 16.3 Å². The van der Waals surface area contributed by atoms with E-state index in [1.165, 1.54) is 23.5 Å². The van der Waals surface area contributed by atoms with Gasteiger partial charge in [0.1, 0.15) is 11.5 Å². The minimum absolute atomic E-state index is 0.148. The number of ether oxygens (including phenoxy) is 1. The molecular formula is C32H24N2O6S. The summed E-state index contributed by atoms with van der Waals surface area (Å²) in [5.41, 5.74) is 2.05. The molecule has 41 heavy (non-hydrogen) atoms. The van der Waals surface area contributed by atoms with Crippen LogP contribution in [-0.2, 0) is 9.53 Å². The lowest BCUT2D eigenvalue weighted by Crippen LogP contribution is -2.40. The summed E-state index contributed by atoms with van der Waals surface area (Å²) in [6.45, 7) is 3.69. The molecule has 1 atom stereocenters. The van der Waals surface area contributed by atoms with Crippen molar-refractivity contribution >= 4 is 40.1 Å². The number of furan rings is 1. The molecule has 0 amide bonds. The van der Waals surface area contributed by atoms with Gasteiger partial charge in [-0.05, 0) is 54.4 Å². The first-order chi connectivity index (χ1) is 19.9. The molecule has 3 aromatic carbocycles. The Morgan fingerprint density at radius 3 is 2.66 bits per heavy atom. The van der Waals surface area contributed by atoms with Crippen LogP contribution in [0.4, 0.5) is 0 Å². The van der Waals surface area contributed by atoms with E-state index in [2.05, 4.69) is 4.99 Å². The summed E-state index contributed by atoms with van der Waals surface area (Å²) < 4.78 is 13.3. The van der Waals surface area contributed by atoms with Gasteiger partial charge in [-0.25, -0.2) is 14.6 Å². The van der Waals surface area contributed by atoms with E-state index in [0.29, 0.717) is 37.7 Å². The first kappa shape index (κ1) is 26.2. The van der Waals surface area contributed by atoms with E-state index in [9.17, 15) is 19.5 Å². The molecule has 0 fully saturated rings. The number of aromatic carboxylic acids is 1. The van der Waals surface area contributed by atoms with E-state index in [1.54, 1.807) is 48.8 Å². The third-order valence-corrected chi connectivity index (χ3v) is 7.91. The van der Waals surface area contributed by atoms with Crippen molar-refractivity contribution in [1.82, 2.24) is 4.57 Å². The number of esters is 1. The third kappa shape index (κ3) is 4.70. The molecular weight excluding hydrogens is 540 g/mol. The molecule has 2 aromatic heterocycles. The summed E-state index contributed by atoms with van der Waals surface area (Å²) in [7, 11) is 0. The highest BCUT2D eigenvalue weighted by Crippen LogP contribution is 2.35. The quantitative estimate of drug-likeness (QED) is 0.294. The van der Waals surface area contributed by atoms with E-state index in [-0.39, 0.29) is 17.7 Å². The topological polar surface area (TPSA) is 111 Å². The van der Waals surface area contributed by atoms with Crippen LogP contribution in [0.15, 0.2) is 104 Å². The number of hydrogen-bond donors (Lipinski definition) is 1. The Balaban J connectivity index is 1.51. The second-order valence-corrected chi connectivity index (χ2v) is 10.5. The number of carbonyl (C=O) groups is 2. The zero-order valence-corrected chi connectivity index (χ0v) is 23.0. The average Bonchev–Trinajstić information content (AvgIpc) is 3.56. The zero-order chi connectivity index (χ0) is 28.7. The van der Waals surface area contributed by atoms with Gasteiger partial charge in [0, 0.05) is 11.6 Å². The van der Waals surface area contributed by atoms with Gasteiger partial charge < -0.3 is 14.3 Å².